The van der Waals surface area contributed by atoms with Crippen molar-refractivity contribution < 1.29 is 19.1 Å². The van der Waals surface area contributed by atoms with Crippen LogP contribution in [0.3, 0.4) is 0 Å². The van der Waals surface area contributed by atoms with Crippen LogP contribution >= 0.6 is 0 Å². The van der Waals surface area contributed by atoms with E-state index in [1.807, 2.05) is 58.0 Å². The van der Waals surface area contributed by atoms with Crippen LogP contribution in [0, 0.1) is 17.8 Å². The highest BCUT2D eigenvalue weighted by atomic mass is 16.6. The summed E-state index contributed by atoms with van der Waals surface area (Å²) in [6.07, 6.45) is 1.04. The number of rotatable bonds is 9. The number of carbonyl (C=O) groups excluding carboxylic acids is 2. The van der Waals surface area contributed by atoms with Gasteiger partial charge in [-0.25, -0.2) is 0 Å². The highest BCUT2D eigenvalue weighted by Crippen LogP contribution is 2.15. The zero-order valence-corrected chi connectivity index (χ0v) is 14.6. The molecular formula is C19H28O4. The number of hydrogen-bond donors (Lipinski definition) is 0. The topological polar surface area (TPSA) is 52.6 Å². The van der Waals surface area contributed by atoms with Gasteiger partial charge < -0.3 is 9.47 Å². The summed E-state index contributed by atoms with van der Waals surface area (Å²) in [5.74, 6) is -1.35. The van der Waals surface area contributed by atoms with E-state index < -0.39 is 17.9 Å². The zero-order valence-electron chi connectivity index (χ0n) is 14.6. The number of benzene rings is 1. The van der Waals surface area contributed by atoms with Crippen molar-refractivity contribution in [1.82, 2.24) is 0 Å². The fourth-order valence-corrected chi connectivity index (χ4v) is 1.99. The molecule has 0 heterocycles. The van der Waals surface area contributed by atoms with Crippen molar-refractivity contribution in [2.24, 2.45) is 17.8 Å². The molecule has 0 unspecified atom stereocenters. The Morgan fingerprint density at radius 3 is 1.78 bits per heavy atom. The van der Waals surface area contributed by atoms with E-state index in [-0.39, 0.29) is 11.8 Å². The molecule has 4 nitrogen and oxygen atoms in total. The second-order valence-electron chi connectivity index (χ2n) is 6.62. The van der Waals surface area contributed by atoms with E-state index >= 15 is 0 Å². The maximum absolute atomic E-state index is 12.2. The third kappa shape index (κ3) is 7.82. The lowest BCUT2D eigenvalue weighted by atomic mass is 9.99. The number of ether oxygens (including phenoxy) is 2. The second-order valence-corrected chi connectivity index (χ2v) is 6.62. The van der Waals surface area contributed by atoms with Crippen molar-refractivity contribution in [2.75, 3.05) is 13.2 Å². The summed E-state index contributed by atoms with van der Waals surface area (Å²) >= 11 is 0. The van der Waals surface area contributed by atoms with Crippen LogP contribution in [-0.4, -0.2) is 25.2 Å². The van der Waals surface area contributed by atoms with Crippen LogP contribution in [0.4, 0.5) is 0 Å². The predicted octanol–water partition coefficient (Wildman–Crippen LogP) is 3.63. The van der Waals surface area contributed by atoms with Gasteiger partial charge in [-0.15, -0.1) is 0 Å². The molecule has 0 saturated heterocycles. The molecule has 0 radical (unpaired) electrons. The van der Waals surface area contributed by atoms with Crippen LogP contribution in [-0.2, 0) is 25.5 Å². The van der Waals surface area contributed by atoms with E-state index in [1.54, 1.807) is 0 Å². The smallest absolute Gasteiger partial charge is 0.320 e. The molecule has 23 heavy (non-hydrogen) atoms. The van der Waals surface area contributed by atoms with E-state index in [9.17, 15) is 9.59 Å². The Hall–Kier alpha value is -1.84. The minimum Gasteiger partial charge on any atom is -0.465 e. The highest BCUT2D eigenvalue weighted by Gasteiger charge is 2.29. The molecule has 128 valence electrons. The molecule has 0 fully saturated rings. The number of hydrogen-bond acceptors (Lipinski definition) is 4. The largest absolute Gasteiger partial charge is 0.465 e. The molecule has 0 bridgehead atoms. The quantitative estimate of drug-likeness (QED) is 0.515. The van der Waals surface area contributed by atoms with E-state index in [4.69, 9.17) is 9.47 Å². The summed E-state index contributed by atoms with van der Waals surface area (Å²) in [5.41, 5.74) is 1.09. The van der Waals surface area contributed by atoms with Gasteiger partial charge in [-0.05, 0) is 30.2 Å². The van der Waals surface area contributed by atoms with Gasteiger partial charge in [0, 0.05) is 0 Å². The molecule has 4 heteroatoms. The Morgan fingerprint density at radius 1 is 0.870 bits per heavy atom. The summed E-state index contributed by atoms with van der Waals surface area (Å²) in [4.78, 5) is 24.5. The van der Waals surface area contributed by atoms with Gasteiger partial charge in [-0.2, -0.15) is 0 Å². The summed E-state index contributed by atoms with van der Waals surface area (Å²) in [5, 5.41) is 0. The predicted molar refractivity (Wildman–Crippen MR) is 89.8 cm³/mol. The lowest BCUT2D eigenvalue weighted by Crippen LogP contribution is -2.30. The Labute approximate surface area is 139 Å². The summed E-state index contributed by atoms with van der Waals surface area (Å²) in [6.45, 7) is 8.48. The van der Waals surface area contributed by atoms with Gasteiger partial charge in [-0.1, -0.05) is 58.0 Å². The first-order chi connectivity index (χ1) is 10.9. The molecule has 0 spiro atoms. The molecule has 0 aromatic heterocycles. The molecule has 0 N–H and O–H groups in total. The summed E-state index contributed by atoms with van der Waals surface area (Å²) in [7, 11) is 0. The molecule has 1 aromatic carbocycles. The monoisotopic (exact) mass is 320 g/mol. The van der Waals surface area contributed by atoms with Gasteiger partial charge in [0.2, 0.25) is 0 Å². The summed E-state index contributed by atoms with van der Waals surface area (Å²) in [6, 6.07) is 9.79. The normalized spacial score (nSPS) is 11.1. The molecule has 0 saturated carbocycles. The summed E-state index contributed by atoms with van der Waals surface area (Å²) < 4.78 is 10.5. The Bertz CT molecular complexity index is 455. The van der Waals surface area contributed by atoms with Gasteiger partial charge >= 0.3 is 11.9 Å². The van der Waals surface area contributed by atoms with Gasteiger partial charge in [-0.3, -0.25) is 9.59 Å². The number of aryl methyl sites for hydroxylation is 1. The minimum atomic E-state index is -0.854. The maximum atomic E-state index is 12.2. The van der Waals surface area contributed by atoms with Gasteiger partial charge in [0.15, 0.2) is 5.92 Å². The zero-order chi connectivity index (χ0) is 17.2. The first kappa shape index (κ1) is 19.2. The van der Waals surface area contributed by atoms with E-state index in [1.165, 1.54) is 0 Å². The fourth-order valence-electron chi connectivity index (χ4n) is 1.99. The van der Waals surface area contributed by atoms with Crippen LogP contribution in [0.25, 0.3) is 0 Å². The van der Waals surface area contributed by atoms with E-state index in [2.05, 4.69) is 0 Å². The minimum absolute atomic E-state index is 0.236. The Morgan fingerprint density at radius 2 is 1.35 bits per heavy atom. The number of esters is 2. The highest BCUT2D eigenvalue weighted by molar-refractivity contribution is 5.94. The van der Waals surface area contributed by atoms with Crippen molar-refractivity contribution in [3.05, 3.63) is 35.9 Å². The van der Waals surface area contributed by atoms with Gasteiger partial charge in [0.1, 0.15) is 0 Å². The molecule has 0 amide bonds. The lowest BCUT2D eigenvalue weighted by Gasteiger charge is -2.17. The average Bonchev–Trinajstić information content (AvgIpc) is 2.52. The third-order valence-corrected chi connectivity index (χ3v) is 3.25. The van der Waals surface area contributed by atoms with E-state index in [0.717, 1.165) is 5.56 Å². The van der Waals surface area contributed by atoms with Crippen LogP contribution < -0.4 is 0 Å². The Kier molecular flexibility index (Phi) is 8.38. The maximum Gasteiger partial charge on any atom is 0.320 e. The number of carbonyl (C=O) groups is 2. The van der Waals surface area contributed by atoms with Crippen LogP contribution in [0.1, 0.15) is 39.7 Å². The molecule has 0 aliphatic carbocycles. The van der Waals surface area contributed by atoms with Gasteiger partial charge in [0.05, 0.1) is 13.2 Å². The van der Waals surface area contributed by atoms with Crippen LogP contribution in [0.2, 0.25) is 0 Å². The van der Waals surface area contributed by atoms with Crippen molar-refractivity contribution in [2.45, 2.75) is 40.5 Å². The molecule has 0 aliphatic heterocycles. The lowest BCUT2D eigenvalue weighted by molar-refractivity contribution is -0.163. The third-order valence-electron chi connectivity index (χ3n) is 3.25. The fraction of sp³-hybridized carbons (Fsp3) is 0.579. The van der Waals surface area contributed by atoms with E-state index in [0.29, 0.717) is 26.1 Å². The Balaban J connectivity index is 2.66. The van der Waals surface area contributed by atoms with Gasteiger partial charge in [0.25, 0.3) is 0 Å². The van der Waals surface area contributed by atoms with Crippen molar-refractivity contribution in [3.63, 3.8) is 0 Å². The molecule has 0 atom stereocenters. The molecule has 1 rings (SSSR count). The molecular weight excluding hydrogens is 292 g/mol. The van der Waals surface area contributed by atoms with Crippen LogP contribution in [0.15, 0.2) is 30.3 Å². The second kappa shape index (κ2) is 10.0. The van der Waals surface area contributed by atoms with Crippen molar-refractivity contribution in [3.8, 4) is 0 Å². The van der Waals surface area contributed by atoms with Crippen molar-refractivity contribution in [1.29, 1.82) is 0 Å². The molecule has 1 aromatic rings. The SMILES string of the molecule is CC(C)COC(=O)C(CCc1ccccc1)C(=O)OCC(C)C. The van der Waals surface area contributed by atoms with Crippen molar-refractivity contribution >= 4 is 11.9 Å². The average molecular weight is 320 g/mol. The first-order valence-electron chi connectivity index (χ1n) is 8.27. The standard InChI is InChI=1S/C19H28O4/c1-14(2)12-22-18(20)17(19(21)23-13-15(3)4)11-10-16-8-6-5-7-9-16/h5-9,14-15,17H,10-13H2,1-4H3. The molecule has 0 aliphatic rings. The van der Waals surface area contributed by atoms with Crippen LogP contribution in [0.5, 0.6) is 0 Å². The first-order valence-corrected chi connectivity index (χ1v) is 8.27.